The van der Waals surface area contributed by atoms with Crippen LogP contribution in [0.15, 0.2) is 24.3 Å². The van der Waals surface area contributed by atoms with Crippen LogP contribution in [-0.4, -0.2) is 28.1 Å². The van der Waals surface area contributed by atoms with Crippen LogP contribution in [0, 0.1) is 22.0 Å². The lowest BCUT2D eigenvalue weighted by Gasteiger charge is -2.34. The summed E-state index contributed by atoms with van der Waals surface area (Å²) < 4.78 is 0. The summed E-state index contributed by atoms with van der Waals surface area (Å²) in [6.45, 7) is 0. The number of hydrogen-bond donors (Lipinski definition) is 0. The molecule has 2 aliphatic carbocycles. The van der Waals surface area contributed by atoms with E-state index in [0.29, 0.717) is 12.8 Å². The number of Topliss-reactive ketones (excluding diaryl/α,β-unsaturated/α-hetero) is 4. The Morgan fingerprint density at radius 1 is 0.808 bits per heavy atom. The van der Waals surface area contributed by atoms with Gasteiger partial charge in [-0.25, -0.2) is 0 Å². The Balaban J connectivity index is 2.18. The number of nitrogens with zero attached hydrogens (tertiary/aromatic N) is 1. The average molecular weight is 357 g/mol. The fraction of sp³-hybridized carbons (Fsp3) is 0.474. The largest absolute Gasteiger partial charge is 0.299 e. The molecule has 3 rings (SSSR count). The molecule has 2 fully saturated rings. The van der Waals surface area contributed by atoms with E-state index in [1.54, 1.807) is 6.07 Å². The van der Waals surface area contributed by atoms with Crippen LogP contribution in [0.2, 0.25) is 0 Å². The van der Waals surface area contributed by atoms with E-state index < -0.39 is 22.7 Å². The molecule has 26 heavy (non-hydrogen) atoms. The van der Waals surface area contributed by atoms with Crippen molar-refractivity contribution in [3.63, 3.8) is 0 Å². The number of rotatable bonds is 4. The van der Waals surface area contributed by atoms with Crippen molar-refractivity contribution in [3.8, 4) is 0 Å². The number of carbonyl (C=O) groups is 4. The lowest BCUT2D eigenvalue weighted by molar-refractivity contribution is -0.385. The minimum absolute atomic E-state index is 0.125. The van der Waals surface area contributed by atoms with Gasteiger partial charge in [0, 0.05) is 43.2 Å². The highest BCUT2D eigenvalue weighted by Gasteiger charge is 2.48. The van der Waals surface area contributed by atoms with Crippen LogP contribution in [0.5, 0.6) is 0 Å². The average Bonchev–Trinajstić information content (AvgIpc) is 2.60. The Morgan fingerprint density at radius 2 is 1.23 bits per heavy atom. The zero-order chi connectivity index (χ0) is 18.8. The third-order valence-corrected chi connectivity index (χ3v) is 5.29. The monoisotopic (exact) mass is 357 g/mol. The quantitative estimate of drug-likeness (QED) is 0.465. The molecule has 1 aromatic carbocycles. The summed E-state index contributed by atoms with van der Waals surface area (Å²) in [6.07, 6.45) is 1.60. The zero-order valence-electron chi connectivity index (χ0n) is 14.2. The number of para-hydroxylation sites is 1. The van der Waals surface area contributed by atoms with Gasteiger partial charge in [-0.1, -0.05) is 18.2 Å². The standard InChI is InChI=1S/C19H19NO6/c21-13-7-3-8-14(22)18(13)17(19-15(23)9-4-10-16(19)24)11-5-1-2-6-12(11)20(25)26/h1-2,5-6,17-19H,3-4,7-10H2. The summed E-state index contributed by atoms with van der Waals surface area (Å²) in [5.74, 6) is -4.77. The molecule has 0 spiro atoms. The summed E-state index contributed by atoms with van der Waals surface area (Å²) in [5.41, 5.74) is -0.144. The molecule has 0 unspecified atom stereocenters. The highest BCUT2D eigenvalue weighted by molar-refractivity contribution is 6.10. The molecule has 2 aliphatic rings. The molecule has 0 radical (unpaired) electrons. The maximum Gasteiger partial charge on any atom is 0.272 e. The molecule has 0 bridgehead atoms. The van der Waals surface area contributed by atoms with Crippen LogP contribution < -0.4 is 0 Å². The SMILES string of the molecule is O=C1CCCC(=O)C1C(c1ccccc1[N+](=O)[O-])C1C(=O)CCCC1=O. The zero-order valence-corrected chi connectivity index (χ0v) is 14.2. The van der Waals surface area contributed by atoms with Crippen molar-refractivity contribution < 1.29 is 24.1 Å². The number of benzene rings is 1. The molecule has 0 heterocycles. The summed E-state index contributed by atoms with van der Waals surface area (Å²) in [6, 6.07) is 5.77. The third kappa shape index (κ3) is 3.21. The van der Waals surface area contributed by atoms with E-state index in [0.717, 1.165) is 0 Å². The second-order valence-corrected chi connectivity index (χ2v) is 6.87. The Morgan fingerprint density at radius 3 is 1.65 bits per heavy atom. The molecule has 7 nitrogen and oxygen atoms in total. The van der Waals surface area contributed by atoms with E-state index in [4.69, 9.17) is 0 Å². The fourth-order valence-electron chi connectivity index (χ4n) is 4.14. The maximum absolute atomic E-state index is 12.5. The van der Waals surface area contributed by atoms with E-state index >= 15 is 0 Å². The maximum atomic E-state index is 12.5. The number of hydrogen-bond acceptors (Lipinski definition) is 6. The van der Waals surface area contributed by atoms with E-state index in [1.807, 2.05) is 0 Å². The van der Waals surface area contributed by atoms with E-state index in [1.165, 1.54) is 18.2 Å². The molecular formula is C19H19NO6. The molecule has 7 heteroatoms. The van der Waals surface area contributed by atoms with E-state index in [-0.39, 0.29) is 60.1 Å². The first-order valence-electron chi connectivity index (χ1n) is 8.76. The summed E-state index contributed by atoms with van der Waals surface area (Å²) >= 11 is 0. The Bertz CT molecular complexity index is 729. The Labute approximate surface area is 149 Å². The van der Waals surface area contributed by atoms with E-state index in [2.05, 4.69) is 0 Å². The van der Waals surface area contributed by atoms with Gasteiger partial charge in [0.15, 0.2) is 0 Å². The van der Waals surface area contributed by atoms with Crippen molar-refractivity contribution in [1.82, 2.24) is 0 Å². The van der Waals surface area contributed by atoms with Crippen LogP contribution in [-0.2, 0) is 19.2 Å². The minimum atomic E-state index is -1.17. The Kier molecular flexibility index (Phi) is 5.06. The van der Waals surface area contributed by atoms with Crippen LogP contribution in [0.25, 0.3) is 0 Å². The highest BCUT2D eigenvalue weighted by atomic mass is 16.6. The molecule has 1 aromatic rings. The third-order valence-electron chi connectivity index (χ3n) is 5.29. The van der Waals surface area contributed by atoms with Gasteiger partial charge in [-0.3, -0.25) is 29.3 Å². The minimum Gasteiger partial charge on any atom is -0.299 e. The van der Waals surface area contributed by atoms with Gasteiger partial charge in [0.25, 0.3) is 5.69 Å². The van der Waals surface area contributed by atoms with Crippen LogP contribution in [0.3, 0.4) is 0 Å². The first-order valence-corrected chi connectivity index (χ1v) is 8.76. The predicted octanol–water partition coefficient (Wildman–Crippen LogP) is 2.56. The van der Waals surface area contributed by atoms with Crippen LogP contribution >= 0.6 is 0 Å². The molecular weight excluding hydrogens is 338 g/mol. The smallest absolute Gasteiger partial charge is 0.272 e. The molecule has 0 aromatic heterocycles. The second-order valence-electron chi connectivity index (χ2n) is 6.87. The molecule has 136 valence electrons. The van der Waals surface area contributed by atoms with Gasteiger partial charge in [-0.2, -0.15) is 0 Å². The second kappa shape index (κ2) is 7.27. The first kappa shape index (κ1) is 18.1. The number of nitro groups is 1. The van der Waals surface area contributed by atoms with Crippen molar-refractivity contribution in [1.29, 1.82) is 0 Å². The molecule has 0 amide bonds. The molecule has 0 aliphatic heterocycles. The predicted molar refractivity (Wildman–Crippen MR) is 90.5 cm³/mol. The van der Waals surface area contributed by atoms with Crippen LogP contribution in [0.4, 0.5) is 5.69 Å². The normalized spacial score (nSPS) is 20.0. The summed E-state index contributed by atoms with van der Waals surface area (Å²) in [7, 11) is 0. The summed E-state index contributed by atoms with van der Waals surface area (Å²) in [5, 5.41) is 11.5. The first-order chi connectivity index (χ1) is 12.4. The van der Waals surface area contributed by atoms with Crippen molar-refractivity contribution in [2.75, 3.05) is 0 Å². The van der Waals surface area contributed by atoms with Gasteiger partial charge in [-0.15, -0.1) is 0 Å². The highest BCUT2D eigenvalue weighted by Crippen LogP contribution is 2.43. The molecule has 2 saturated carbocycles. The topological polar surface area (TPSA) is 111 Å². The fourth-order valence-corrected chi connectivity index (χ4v) is 4.14. The van der Waals surface area contributed by atoms with Gasteiger partial charge in [0.1, 0.15) is 23.1 Å². The lowest BCUT2D eigenvalue weighted by Crippen LogP contribution is -2.43. The van der Waals surface area contributed by atoms with E-state index in [9.17, 15) is 29.3 Å². The van der Waals surface area contributed by atoms with Gasteiger partial charge in [-0.05, 0) is 12.8 Å². The van der Waals surface area contributed by atoms with Gasteiger partial charge < -0.3 is 0 Å². The molecule has 0 N–H and O–H groups in total. The molecule has 0 saturated heterocycles. The summed E-state index contributed by atoms with van der Waals surface area (Å²) in [4.78, 5) is 61.1. The van der Waals surface area contributed by atoms with Gasteiger partial charge in [0.2, 0.25) is 0 Å². The van der Waals surface area contributed by atoms with Crippen molar-refractivity contribution in [2.45, 2.75) is 44.4 Å². The number of ketones is 4. The van der Waals surface area contributed by atoms with Gasteiger partial charge >= 0.3 is 0 Å². The number of nitro benzene ring substituents is 1. The van der Waals surface area contributed by atoms with Crippen LogP contribution in [0.1, 0.15) is 50.0 Å². The van der Waals surface area contributed by atoms with Crippen molar-refractivity contribution in [2.24, 2.45) is 11.8 Å². The lowest BCUT2D eigenvalue weighted by atomic mass is 9.65. The van der Waals surface area contributed by atoms with Crippen molar-refractivity contribution in [3.05, 3.63) is 39.9 Å². The number of carbonyl (C=O) groups excluding carboxylic acids is 4. The molecule has 0 atom stereocenters. The Hall–Kier alpha value is -2.70. The van der Waals surface area contributed by atoms with Gasteiger partial charge in [0.05, 0.1) is 16.8 Å². The van der Waals surface area contributed by atoms with Crippen molar-refractivity contribution >= 4 is 28.8 Å².